The molecule has 0 bridgehead atoms. The summed E-state index contributed by atoms with van der Waals surface area (Å²) in [7, 11) is -1.06. The Morgan fingerprint density at radius 3 is 2.62 bits per heavy atom. The number of amides is 1. The van der Waals surface area contributed by atoms with E-state index >= 15 is 0 Å². The van der Waals surface area contributed by atoms with Crippen LogP contribution in [0.5, 0.6) is 0 Å². The van der Waals surface area contributed by atoms with Crippen LogP contribution in [0.2, 0.25) is 0 Å². The molecule has 3 aromatic rings. The standard InChI is InChI=1S/C26H34N3O6PS/c1-5-36(4,31)34-14-6-13-29(37(32)33)16-22-20(18-11-12-18)15-21-23(25(30)27-3)24(35-26(21)28-22)19-9-7-17(2)8-10-19/h7-10,15,18H,5-6,11-14,16H2,1-4H3,(H,27,30)(H,32,33)/p-1. The number of fused-ring (bicyclic) bond motifs is 1. The van der Waals surface area contributed by atoms with E-state index in [1.807, 2.05) is 37.3 Å². The van der Waals surface area contributed by atoms with Crippen LogP contribution in [-0.2, 0) is 26.9 Å². The van der Waals surface area contributed by atoms with E-state index in [0.717, 1.165) is 29.5 Å². The van der Waals surface area contributed by atoms with Crippen molar-refractivity contribution >= 4 is 35.6 Å². The summed E-state index contributed by atoms with van der Waals surface area (Å²) in [6, 6.07) is 9.65. The van der Waals surface area contributed by atoms with Crippen molar-refractivity contribution in [3.8, 4) is 11.3 Å². The summed E-state index contributed by atoms with van der Waals surface area (Å²) in [6.45, 7) is 5.87. The topological polar surface area (TPSA) is 125 Å². The zero-order valence-corrected chi connectivity index (χ0v) is 23.3. The van der Waals surface area contributed by atoms with Crippen LogP contribution in [0, 0.1) is 6.92 Å². The third kappa shape index (κ3) is 6.56. The fourth-order valence-corrected chi connectivity index (χ4v) is 5.37. The number of furan rings is 1. The van der Waals surface area contributed by atoms with E-state index in [0.29, 0.717) is 40.7 Å². The lowest BCUT2D eigenvalue weighted by atomic mass is 10.0. The number of carbonyl (C=O) groups is 1. The predicted molar refractivity (Wildman–Crippen MR) is 144 cm³/mol. The van der Waals surface area contributed by atoms with Gasteiger partial charge in [-0.2, -0.15) is 0 Å². The molecule has 1 saturated carbocycles. The predicted octanol–water partition coefficient (Wildman–Crippen LogP) is 4.97. The molecule has 0 radical (unpaired) electrons. The first-order chi connectivity index (χ1) is 17.6. The van der Waals surface area contributed by atoms with Gasteiger partial charge in [-0.05, 0) is 43.7 Å². The summed E-state index contributed by atoms with van der Waals surface area (Å²) in [6.07, 6.45) is 2.81. The fourth-order valence-electron chi connectivity index (χ4n) is 4.17. The van der Waals surface area contributed by atoms with Gasteiger partial charge >= 0.3 is 0 Å². The number of rotatable bonds is 12. The Kier molecular flexibility index (Phi) is 8.66. The van der Waals surface area contributed by atoms with Crippen molar-refractivity contribution in [2.45, 2.75) is 45.6 Å². The van der Waals surface area contributed by atoms with E-state index in [9.17, 15) is 18.1 Å². The highest BCUT2D eigenvalue weighted by Crippen LogP contribution is 2.44. The molecular formula is C26H33N3O6PS-. The number of hydrogen-bond acceptors (Lipinski definition) is 7. The van der Waals surface area contributed by atoms with Crippen LogP contribution < -0.4 is 5.32 Å². The molecule has 11 heteroatoms. The molecule has 4 rings (SSSR count). The van der Waals surface area contributed by atoms with Gasteiger partial charge in [0.05, 0.1) is 29.8 Å². The molecule has 2 atom stereocenters. The number of aryl methyl sites for hydroxylation is 1. The van der Waals surface area contributed by atoms with Crippen molar-refractivity contribution in [2.75, 3.05) is 33.0 Å². The molecule has 0 saturated heterocycles. The van der Waals surface area contributed by atoms with Crippen LogP contribution in [0.1, 0.15) is 59.3 Å². The van der Waals surface area contributed by atoms with Gasteiger partial charge in [-0.25, -0.2) is 9.29 Å². The molecule has 1 fully saturated rings. The molecule has 2 unspecified atom stereocenters. The molecule has 9 nitrogen and oxygen atoms in total. The molecular weight excluding hydrogens is 513 g/mol. The zero-order valence-electron chi connectivity index (χ0n) is 21.6. The summed E-state index contributed by atoms with van der Waals surface area (Å²) in [5.41, 5.74) is 4.11. The Balaban J connectivity index is 1.68. The second-order valence-corrected chi connectivity index (χ2v) is 13.4. The first-order valence-corrected chi connectivity index (χ1v) is 15.7. The monoisotopic (exact) mass is 546 g/mol. The average Bonchev–Trinajstić information content (AvgIpc) is 3.65. The minimum atomic E-state index is -2.64. The Hall–Kier alpha value is -2.36. The van der Waals surface area contributed by atoms with Crippen LogP contribution in [0.15, 0.2) is 34.7 Å². The van der Waals surface area contributed by atoms with Gasteiger partial charge in [0.15, 0.2) is 7.37 Å². The highest BCUT2D eigenvalue weighted by molar-refractivity contribution is 7.76. The van der Waals surface area contributed by atoms with Crippen LogP contribution in [0.25, 0.3) is 22.4 Å². The summed E-state index contributed by atoms with van der Waals surface area (Å²) in [4.78, 5) is 17.7. The van der Waals surface area contributed by atoms with Crippen LogP contribution >= 0.6 is 7.37 Å². The first-order valence-electron chi connectivity index (χ1n) is 12.4. The third-order valence-corrected chi connectivity index (χ3v) is 9.22. The molecule has 1 aliphatic carbocycles. The number of benzene rings is 1. The van der Waals surface area contributed by atoms with Crippen molar-refractivity contribution in [3.63, 3.8) is 0 Å². The maximum absolute atomic E-state index is 12.9. The van der Waals surface area contributed by atoms with Gasteiger partial charge < -0.3 is 18.8 Å². The Labute approximate surface area is 219 Å². The highest BCUT2D eigenvalue weighted by atomic mass is 32.2. The average molecular weight is 547 g/mol. The van der Waals surface area contributed by atoms with Crippen LogP contribution in [0.3, 0.4) is 0 Å². The minimum absolute atomic E-state index is 0.0747. The normalized spacial score (nSPS) is 16.2. The summed E-state index contributed by atoms with van der Waals surface area (Å²) in [5.74, 6) is 0.429. The largest absolute Gasteiger partial charge is 0.760 e. The van der Waals surface area contributed by atoms with Crippen molar-refractivity contribution in [3.05, 3.63) is 52.7 Å². The number of aromatic nitrogens is 1. The molecule has 2 aromatic heterocycles. The van der Waals surface area contributed by atoms with E-state index in [4.69, 9.17) is 13.9 Å². The fraction of sp³-hybridized carbons (Fsp3) is 0.462. The van der Waals surface area contributed by atoms with Gasteiger partial charge in [0.1, 0.15) is 5.76 Å². The highest BCUT2D eigenvalue weighted by Gasteiger charge is 2.31. The SMILES string of the molecule is CCP(C)(=O)OCCCN(Cc1nc2oc(-c3ccc(C)cc3)c(C(=O)NC)c2cc1C1CC1)S(=O)[O-]. The minimum Gasteiger partial charge on any atom is -0.760 e. The van der Waals surface area contributed by atoms with Crippen molar-refractivity contribution in [2.24, 2.45) is 0 Å². The molecule has 0 spiro atoms. The van der Waals surface area contributed by atoms with Crippen molar-refractivity contribution < 1.29 is 27.1 Å². The lowest BCUT2D eigenvalue weighted by Crippen LogP contribution is -2.28. The lowest BCUT2D eigenvalue weighted by molar-refractivity contribution is 0.0964. The molecule has 1 N–H and O–H groups in total. The number of pyridine rings is 1. The summed E-state index contributed by atoms with van der Waals surface area (Å²) >= 11 is -2.48. The van der Waals surface area contributed by atoms with Gasteiger partial charge in [0.2, 0.25) is 5.71 Å². The quantitative estimate of drug-likeness (QED) is 0.193. The van der Waals surface area contributed by atoms with Crippen LogP contribution in [-0.4, -0.2) is 57.0 Å². The zero-order chi connectivity index (χ0) is 26.7. The van der Waals surface area contributed by atoms with E-state index in [-0.39, 0.29) is 31.5 Å². The molecule has 1 aromatic carbocycles. The number of hydrogen-bond donors (Lipinski definition) is 1. The van der Waals surface area contributed by atoms with E-state index in [2.05, 4.69) is 5.32 Å². The molecule has 37 heavy (non-hydrogen) atoms. The van der Waals surface area contributed by atoms with Crippen molar-refractivity contribution in [1.29, 1.82) is 0 Å². The molecule has 1 amide bonds. The smallest absolute Gasteiger partial charge is 0.255 e. The number of nitrogens with one attached hydrogen (secondary N) is 1. The van der Waals surface area contributed by atoms with E-state index in [1.54, 1.807) is 20.6 Å². The van der Waals surface area contributed by atoms with Crippen LogP contribution in [0.4, 0.5) is 0 Å². The second kappa shape index (κ2) is 11.6. The van der Waals surface area contributed by atoms with E-state index < -0.39 is 18.6 Å². The summed E-state index contributed by atoms with van der Waals surface area (Å²) < 4.78 is 49.1. The maximum atomic E-state index is 12.9. The Morgan fingerprint density at radius 1 is 1.32 bits per heavy atom. The van der Waals surface area contributed by atoms with Gasteiger partial charge in [0.25, 0.3) is 5.91 Å². The van der Waals surface area contributed by atoms with Gasteiger partial charge in [0, 0.05) is 43.2 Å². The maximum Gasteiger partial charge on any atom is 0.255 e. The molecule has 1 aliphatic rings. The van der Waals surface area contributed by atoms with E-state index in [1.165, 1.54) is 4.31 Å². The third-order valence-electron chi connectivity index (χ3n) is 6.61. The molecule has 0 aliphatic heterocycles. The van der Waals surface area contributed by atoms with Gasteiger partial charge in [-0.1, -0.05) is 36.8 Å². The Bertz CT molecular complexity index is 1350. The van der Waals surface area contributed by atoms with Crippen molar-refractivity contribution in [1.82, 2.24) is 14.6 Å². The second-order valence-electron chi connectivity index (χ2n) is 9.50. The number of nitrogens with zero attached hydrogens (tertiary/aromatic N) is 2. The molecule has 2 heterocycles. The summed E-state index contributed by atoms with van der Waals surface area (Å²) in [5, 5.41) is 3.32. The first kappa shape index (κ1) is 27.7. The number of carbonyl (C=O) groups excluding carboxylic acids is 1. The lowest BCUT2D eigenvalue weighted by Gasteiger charge is -2.25. The van der Waals surface area contributed by atoms with Gasteiger partial charge in [-0.15, -0.1) is 0 Å². The molecule has 200 valence electrons. The van der Waals surface area contributed by atoms with Gasteiger partial charge in [-0.3, -0.25) is 13.6 Å². The Morgan fingerprint density at radius 2 is 2.03 bits per heavy atom.